The minimum Gasteiger partial charge on any atom is -0.450 e. The molecule has 3 aliphatic rings. The molecule has 1 aliphatic carbocycles. The van der Waals surface area contributed by atoms with Gasteiger partial charge in [0.25, 0.3) is 5.91 Å². The number of anilines is 3. The molecule has 1 aromatic heterocycles. The van der Waals surface area contributed by atoms with Crippen LogP contribution in [0.25, 0.3) is 11.0 Å². The molecule has 7 nitrogen and oxygen atoms in total. The number of rotatable bonds is 3. The van der Waals surface area contributed by atoms with Crippen molar-refractivity contribution in [2.75, 3.05) is 28.6 Å². The second-order valence-corrected chi connectivity index (χ2v) is 10.6. The van der Waals surface area contributed by atoms with Crippen molar-refractivity contribution in [1.82, 2.24) is 5.32 Å². The molecule has 3 aromatic rings. The van der Waals surface area contributed by atoms with Gasteiger partial charge in [0.15, 0.2) is 5.76 Å². The van der Waals surface area contributed by atoms with Gasteiger partial charge >= 0.3 is 0 Å². The highest BCUT2D eigenvalue weighted by atomic mass is 35.5. The van der Waals surface area contributed by atoms with E-state index in [2.05, 4.69) is 27.4 Å². The molecule has 2 aliphatic heterocycles. The molecular weight excluding hydrogens is 476 g/mol. The normalized spacial score (nSPS) is 19.6. The summed E-state index contributed by atoms with van der Waals surface area (Å²) in [7, 11) is 0. The SMILES string of the molecule is C=C1Nc2c(Cl)cc3cc(C(=O)Nc4ccc(N5CCC(O)CC5)cc4)oc3c2C2(CCCCC2)N1. The number of piperidine rings is 1. The number of aliphatic hydroxyl groups excluding tert-OH is 1. The van der Waals surface area contributed by atoms with Gasteiger partial charge < -0.3 is 30.4 Å². The molecule has 188 valence electrons. The van der Waals surface area contributed by atoms with Gasteiger partial charge in [-0.1, -0.05) is 37.4 Å². The van der Waals surface area contributed by atoms with E-state index in [1.807, 2.05) is 30.3 Å². The Morgan fingerprint density at radius 2 is 1.86 bits per heavy atom. The molecule has 2 aromatic carbocycles. The molecule has 0 atom stereocenters. The minimum absolute atomic E-state index is 0.206. The maximum Gasteiger partial charge on any atom is 0.291 e. The quantitative estimate of drug-likeness (QED) is 0.351. The summed E-state index contributed by atoms with van der Waals surface area (Å²) in [5.41, 5.74) is 3.99. The van der Waals surface area contributed by atoms with Crippen molar-refractivity contribution in [2.24, 2.45) is 0 Å². The molecule has 6 rings (SSSR count). The molecule has 8 heteroatoms. The maximum atomic E-state index is 13.2. The Morgan fingerprint density at radius 3 is 2.58 bits per heavy atom. The number of carbonyl (C=O) groups is 1. The number of carbonyl (C=O) groups excluding carboxylic acids is 1. The zero-order valence-electron chi connectivity index (χ0n) is 20.2. The van der Waals surface area contributed by atoms with E-state index in [9.17, 15) is 9.90 Å². The number of halogens is 1. The predicted molar refractivity (Wildman–Crippen MR) is 144 cm³/mol. The van der Waals surface area contributed by atoms with E-state index in [1.54, 1.807) is 6.07 Å². The van der Waals surface area contributed by atoms with Crippen molar-refractivity contribution in [2.45, 2.75) is 56.6 Å². The maximum absolute atomic E-state index is 13.2. The summed E-state index contributed by atoms with van der Waals surface area (Å²) in [5, 5.41) is 21.0. The first kappa shape index (κ1) is 23.3. The second-order valence-electron chi connectivity index (χ2n) is 10.2. The summed E-state index contributed by atoms with van der Waals surface area (Å²) in [6.45, 7) is 5.77. The first-order valence-corrected chi connectivity index (χ1v) is 13.1. The Labute approximate surface area is 215 Å². The lowest BCUT2D eigenvalue weighted by molar-refractivity contribution is 0.0998. The average molecular weight is 507 g/mol. The van der Waals surface area contributed by atoms with E-state index < -0.39 is 0 Å². The molecule has 4 N–H and O–H groups in total. The zero-order chi connectivity index (χ0) is 24.9. The number of furan rings is 1. The summed E-state index contributed by atoms with van der Waals surface area (Å²) in [6.07, 6.45) is 6.68. The highest BCUT2D eigenvalue weighted by Gasteiger charge is 2.42. The topological polar surface area (TPSA) is 89.8 Å². The Hall–Kier alpha value is -3.16. The Morgan fingerprint density at radius 1 is 1.14 bits per heavy atom. The summed E-state index contributed by atoms with van der Waals surface area (Å²) in [6, 6.07) is 11.4. The van der Waals surface area contributed by atoms with E-state index in [4.69, 9.17) is 16.0 Å². The summed E-state index contributed by atoms with van der Waals surface area (Å²) < 4.78 is 6.23. The fourth-order valence-corrected chi connectivity index (χ4v) is 6.24. The Balaban J connectivity index is 1.28. The largest absolute Gasteiger partial charge is 0.450 e. The van der Waals surface area contributed by atoms with E-state index in [0.717, 1.165) is 79.8 Å². The van der Waals surface area contributed by atoms with Gasteiger partial charge in [-0.15, -0.1) is 0 Å². The average Bonchev–Trinajstić information content (AvgIpc) is 3.29. The highest BCUT2D eigenvalue weighted by Crippen LogP contribution is 2.49. The number of benzene rings is 2. The lowest BCUT2D eigenvalue weighted by atomic mass is 9.74. The third kappa shape index (κ3) is 4.10. The molecule has 0 radical (unpaired) electrons. The van der Waals surface area contributed by atoms with E-state index in [1.165, 1.54) is 6.42 Å². The number of fused-ring (bicyclic) bond motifs is 4. The van der Waals surface area contributed by atoms with Crippen molar-refractivity contribution in [3.05, 3.63) is 65.1 Å². The third-order valence-electron chi connectivity index (χ3n) is 7.79. The molecule has 3 heterocycles. The van der Waals surface area contributed by atoms with Gasteiger partial charge in [0.05, 0.1) is 28.2 Å². The highest BCUT2D eigenvalue weighted by molar-refractivity contribution is 6.34. The standard InChI is InChI=1S/C28H31ClN4O3/c1-17-30-25-22(29)15-18-16-23(36-26(18)24(25)28(32-17)11-3-2-4-12-28)27(35)31-19-5-7-20(8-6-19)33-13-9-21(34)10-14-33/h5-8,15-16,21,30,32,34H,1-4,9-14H2,(H,31,35). The van der Waals surface area contributed by atoms with Crippen LogP contribution in [-0.2, 0) is 5.54 Å². The number of amides is 1. The number of hydrogen-bond donors (Lipinski definition) is 4. The molecule has 36 heavy (non-hydrogen) atoms. The summed E-state index contributed by atoms with van der Waals surface area (Å²) in [4.78, 5) is 15.4. The summed E-state index contributed by atoms with van der Waals surface area (Å²) >= 11 is 6.70. The predicted octanol–water partition coefficient (Wildman–Crippen LogP) is 5.95. The van der Waals surface area contributed by atoms with Gasteiger partial charge in [-0.2, -0.15) is 0 Å². The number of hydrogen-bond acceptors (Lipinski definition) is 6. The number of nitrogens with one attached hydrogen (secondary N) is 3. The van der Waals surface area contributed by atoms with E-state index in [-0.39, 0.29) is 23.3 Å². The molecule has 0 bridgehead atoms. The van der Waals surface area contributed by atoms with Crippen molar-refractivity contribution in [3.8, 4) is 0 Å². The summed E-state index contributed by atoms with van der Waals surface area (Å²) in [5.74, 6) is 0.682. The zero-order valence-corrected chi connectivity index (χ0v) is 21.0. The molecule has 1 spiro atoms. The molecule has 0 unspecified atom stereocenters. The van der Waals surface area contributed by atoms with Crippen LogP contribution in [0.5, 0.6) is 0 Å². The van der Waals surface area contributed by atoms with Crippen LogP contribution in [0.2, 0.25) is 5.02 Å². The van der Waals surface area contributed by atoms with Crippen molar-refractivity contribution >= 4 is 45.5 Å². The van der Waals surface area contributed by atoms with Crippen molar-refractivity contribution < 1.29 is 14.3 Å². The van der Waals surface area contributed by atoms with Gasteiger partial charge in [0.1, 0.15) is 5.58 Å². The molecule has 1 saturated carbocycles. The van der Waals surface area contributed by atoms with Crippen LogP contribution >= 0.6 is 11.6 Å². The molecule has 1 amide bonds. The van der Waals surface area contributed by atoms with Crippen LogP contribution in [-0.4, -0.2) is 30.2 Å². The van der Waals surface area contributed by atoms with Gasteiger partial charge in [-0.25, -0.2) is 0 Å². The lowest BCUT2D eigenvalue weighted by Gasteiger charge is -2.44. The monoisotopic (exact) mass is 506 g/mol. The van der Waals surface area contributed by atoms with Gasteiger partial charge in [-0.3, -0.25) is 4.79 Å². The van der Waals surface area contributed by atoms with Gasteiger partial charge in [0.2, 0.25) is 0 Å². The van der Waals surface area contributed by atoms with Crippen LogP contribution in [0.4, 0.5) is 17.1 Å². The number of nitrogens with zero attached hydrogens (tertiary/aromatic N) is 1. The molecular formula is C28H31ClN4O3. The third-order valence-corrected chi connectivity index (χ3v) is 8.09. The first-order chi connectivity index (χ1) is 17.4. The van der Waals surface area contributed by atoms with Crippen LogP contribution in [0.3, 0.4) is 0 Å². The van der Waals surface area contributed by atoms with Crippen LogP contribution in [0, 0.1) is 0 Å². The Kier molecular flexibility index (Phi) is 5.85. The van der Waals surface area contributed by atoms with Gasteiger partial charge in [-0.05, 0) is 62.1 Å². The Bertz CT molecular complexity index is 1320. The molecule has 2 fully saturated rings. The van der Waals surface area contributed by atoms with Crippen LogP contribution < -0.4 is 20.9 Å². The fourth-order valence-electron chi connectivity index (χ4n) is 5.98. The molecule has 1 saturated heterocycles. The number of aliphatic hydroxyl groups is 1. The lowest BCUT2D eigenvalue weighted by Crippen LogP contribution is -2.48. The van der Waals surface area contributed by atoms with Crippen LogP contribution in [0.15, 0.2) is 53.2 Å². The fraction of sp³-hybridized carbons (Fsp3) is 0.393. The second kappa shape index (κ2) is 9.05. The van der Waals surface area contributed by atoms with Gasteiger partial charge in [0, 0.05) is 35.4 Å². The van der Waals surface area contributed by atoms with E-state index in [0.29, 0.717) is 16.3 Å². The van der Waals surface area contributed by atoms with Crippen molar-refractivity contribution in [3.63, 3.8) is 0 Å². The van der Waals surface area contributed by atoms with E-state index >= 15 is 0 Å². The minimum atomic E-state index is -0.302. The smallest absolute Gasteiger partial charge is 0.291 e. The van der Waals surface area contributed by atoms with Crippen LogP contribution in [0.1, 0.15) is 61.1 Å². The first-order valence-electron chi connectivity index (χ1n) is 12.8. The van der Waals surface area contributed by atoms with Crippen molar-refractivity contribution in [1.29, 1.82) is 0 Å².